The molecule has 0 amide bonds. The van der Waals surface area contributed by atoms with Crippen LogP contribution in [0, 0.1) is 6.92 Å². The summed E-state index contributed by atoms with van der Waals surface area (Å²) in [5.74, 6) is 3.53. The minimum absolute atomic E-state index is 0.630. The molecule has 1 heterocycles. The van der Waals surface area contributed by atoms with E-state index in [9.17, 15) is 0 Å². The van der Waals surface area contributed by atoms with E-state index in [1.165, 1.54) is 31.4 Å². The molecule has 0 aliphatic rings. The van der Waals surface area contributed by atoms with Gasteiger partial charge in [0.15, 0.2) is 0 Å². The van der Waals surface area contributed by atoms with E-state index in [4.69, 9.17) is 4.74 Å². The van der Waals surface area contributed by atoms with Crippen molar-refractivity contribution in [3.8, 4) is 5.88 Å². The van der Waals surface area contributed by atoms with Gasteiger partial charge in [-0.05, 0) is 38.7 Å². The summed E-state index contributed by atoms with van der Waals surface area (Å²) in [5.41, 5.74) is 0. The maximum Gasteiger partial charge on any atom is 0.218 e. The molecule has 0 saturated carbocycles. The molecule has 108 valence electrons. The van der Waals surface area contributed by atoms with E-state index in [0.717, 1.165) is 18.2 Å². The third-order valence-corrected chi connectivity index (χ3v) is 3.38. The zero-order valence-corrected chi connectivity index (χ0v) is 13.1. The molecule has 19 heavy (non-hydrogen) atoms. The first-order valence-electron chi connectivity index (χ1n) is 6.97. The number of nitrogens with one attached hydrogen (secondary N) is 1. The lowest BCUT2D eigenvalue weighted by Crippen LogP contribution is -2.06. The van der Waals surface area contributed by atoms with Crippen molar-refractivity contribution in [2.24, 2.45) is 0 Å². The predicted molar refractivity (Wildman–Crippen MR) is 83.3 cm³/mol. The second-order valence-corrected chi connectivity index (χ2v) is 5.39. The molecule has 0 spiro atoms. The monoisotopic (exact) mass is 283 g/mol. The number of hydrogen-bond acceptors (Lipinski definition) is 5. The number of aromatic nitrogens is 2. The van der Waals surface area contributed by atoms with Crippen LogP contribution >= 0.6 is 11.8 Å². The molecule has 0 aliphatic heterocycles. The smallest absolute Gasteiger partial charge is 0.218 e. The Kier molecular flexibility index (Phi) is 8.38. The average molecular weight is 283 g/mol. The fourth-order valence-electron chi connectivity index (χ4n) is 1.79. The molecule has 1 aromatic rings. The molecular weight excluding hydrogens is 258 g/mol. The van der Waals surface area contributed by atoms with E-state index in [1.54, 1.807) is 0 Å². The Morgan fingerprint density at radius 2 is 2.00 bits per heavy atom. The van der Waals surface area contributed by atoms with Crippen LogP contribution < -0.4 is 10.1 Å². The van der Waals surface area contributed by atoms with Crippen molar-refractivity contribution in [2.45, 2.75) is 39.5 Å². The standard InChI is InChI=1S/C14H25N3OS/c1-4-18-14-11-13(16-12(2)17-14)15-9-7-5-6-8-10-19-3/h11H,4-10H2,1-3H3,(H,15,16,17). The van der Waals surface area contributed by atoms with Crippen LogP contribution in [-0.4, -0.2) is 35.1 Å². The minimum atomic E-state index is 0.630. The third-order valence-electron chi connectivity index (χ3n) is 2.69. The third kappa shape index (κ3) is 7.25. The van der Waals surface area contributed by atoms with Crippen LogP contribution in [0.5, 0.6) is 5.88 Å². The highest BCUT2D eigenvalue weighted by molar-refractivity contribution is 7.98. The molecule has 0 saturated heterocycles. The van der Waals surface area contributed by atoms with Crippen LogP contribution in [0.15, 0.2) is 6.07 Å². The molecule has 0 atom stereocenters. The van der Waals surface area contributed by atoms with Gasteiger partial charge in [-0.15, -0.1) is 0 Å². The van der Waals surface area contributed by atoms with Crippen molar-refractivity contribution in [3.05, 3.63) is 11.9 Å². The van der Waals surface area contributed by atoms with Gasteiger partial charge in [0.05, 0.1) is 6.61 Å². The highest BCUT2D eigenvalue weighted by atomic mass is 32.2. The zero-order valence-electron chi connectivity index (χ0n) is 12.2. The molecule has 0 unspecified atom stereocenters. The number of anilines is 1. The van der Waals surface area contributed by atoms with E-state index in [0.29, 0.717) is 12.5 Å². The molecule has 5 heteroatoms. The molecule has 0 bridgehead atoms. The van der Waals surface area contributed by atoms with Crippen molar-refractivity contribution < 1.29 is 4.74 Å². The molecule has 0 radical (unpaired) electrons. The van der Waals surface area contributed by atoms with E-state index in [-0.39, 0.29) is 0 Å². The molecule has 4 nitrogen and oxygen atoms in total. The lowest BCUT2D eigenvalue weighted by atomic mass is 10.2. The number of ether oxygens (including phenoxy) is 1. The van der Waals surface area contributed by atoms with E-state index >= 15 is 0 Å². The summed E-state index contributed by atoms with van der Waals surface area (Å²) in [6.07, 6.45) is 7.25. The molecule has 0 aromatic carbocycles. The highest BCUT2D eigenvalue weighted by Gasteiger charge is 2.01. The quantitative estimate of drug-likeness (QED) is 0.666. The Morgan fingerprint density at radius 3 is 2.74 bits per heavy atom. The van der Waals surface area contributed by atoms with Crippen LogP contribution in [0.4, 0.5) is 5.82 Å². The second-order valence-electron chi connectivity index (χ2n) is 4.41. The fourth-order valence-corrected chi connectivity index (χ4v) is 2.29. The Labute approximate surface area is 120 Å². The first kappa shape index (κ1) is 16.1. The number of aryl methyl sites for hydroxylation is 1. The molecule has 0 aliphatic carbocycles. The van der Waals surface area contributed by atoms with Crippen molar-refractivity contribution in [1.82, 2.24) is 9.97 Å². The Bertz CT molecular complexity index is 361. The summed E-state index contributed by atoms with van der Waals surface area (Å²) < 4.78 is 5.41. The second kappa shape index (κ2) is 9.89. The largest absolute Gasteiger partial charge is 0.478 e. The molecule has 0 fully saturated rings. The van der Waals surface area contributed by atoms with Crippen molar-refractivity contribution in [3.63, 3.8) is 0 Å². The van der Waals surface area contributed by atoms with Gasteiger partial charge in [0.2, 0.25) is 5.88 Å². The molecule has 1 rings (SSSR count). The first-order chi connectivity index (χ1) is 9.26. The van der Waals surface area contributed by atoms with Gasteiger partial charge in [-0.1, -0.05) is 12.8 Å². The van der Waals surface area contributed by atoms with Gasteiger partial charge in [-0.2, -0.15) is 16.7 Å². The molecular formula is C14H25N3OS. The number of thioether (sulfide) groups is 1. The summed E-state index contributed by atoms with van der Waals surface area (Å²) in [6, 6.07) is 1.87. The SMILES string of the molecule is CCOc1cc(NCCCCCCSC)nc(C)n1. The lowest BCUT2D eigenvalue weighted by molar-refractivity contribution is 0.325. The van der Waals surface area contributed by atoms with Gasteiger partial charge in [0.25, 0.3) is 0 Å². The van der Waals surface area contributed by atoms with Gasteiger partial charge in [-0.3, -0.25) is 0 Å². The van der Waals surface area contributed by atoms with Crippen molar-refractivity contribution >= 4 is 17.6 Å². The van der Waals surface area contributed by atoms with Gasteiger partial charge < -0.3 is 10.1 Å². The highest BCUT2D eigenvalue weighted by Crippen LogP contribution is 2.13. The number of rotatable bonds is 10. The zero-order chi connectivity index (χ0) is 13.9. The fraction of sp³-hybridized carbons (Fsp3) is 0.714. The summed E-state index contributed by atoms with van der Waals surface area (Å²) in [6.45, 7) is 5.43. The van der Waals surface area contributed by atoms with Gasteiger partial charge in [0.1, 0.15) is 11.6 Å². The lowest BCUT2D eigenvalue weighted by Gasteiger charge is -2.08. The number of unbranched alkanes of at least 4 members (excludes halogenated alkanes) is 3. The van der Waals surface area contributed by atoms with Crippen LogP contribution in [0.1, 0.15) is 38.4 Å². The van der Waals surface area contributed by atoms with Gasteiger partial charge >= 0.3 is 0 Å². The van der Waals surface area contributed by atoms with Crippen LogP contribution in [0.25, 0.3) is 0 Å². The number of hydrogen-bond donors (Lipinski definition) is 1. The van der Waals surface area contributed by atoms with Crippen molar-refractivity contribution in [1.29, 1.82) is 0 Å². The summed E-state index contributed by atoms with van der Waals surface area (Å²) in [5, 5.41) is 3.34. The van der Waals surface area contributed by atoms with E-state index < -0.39 is 0 Å². The maximum absolute atomic E-state index is 5.41. The molecule has 1 aromatic heterocycles. The summed E-state index contributed by atoms with van der Waals surface area (Å²) in [7, 11) is 0. The predicted octanol–water partition coefficient (Wildman–Crippen LogP) is 3.52. The van der Waals surface area contributed by atoms with E-state index in [1.807, 2.05) is 31.7 Å². The first-order valence-corrected chi connectivity index (χ1v) is 8.37. The average Bonchev–Trinajstić information content (AvgIpc) is 2.37. The van der Waals surface area contributed by atoms with Crippen molar-refractivity contribution in [2.75, 3.05) is 30.5 Å². The van der Waals surface area contributed by atoms with Crippen LogP contribution in [0.3, 0.4) is 0 Å². The Hall–Kier alpha value is -0.970. The van der Waals surface area contributed by atoms with Gasteiger partial charge in [0, 0.05) is 12.6 Å². The minimum Gasteiger partial charge on any atom is -0.478 e. The maximum atomic E-state index is 5.41. The van der Waals surface area contributed by atoms with Gasteiger partial charge in [-0.25, -0.2) is 4.98 Å². The molecule has 1 N–H and O–H groups in total. The summed E-state index contributed by atoms with van der Waals surface area (Å²) >= 11 is 1.92. The van der Waals surface area contributed by atoms with E-state index in [2.05, 4.69) is 21.5 Å². The van der Waals surface area contributed by atoms with Crippen LogP contribution in [-0.2, 0) is 0 Å². The normalized spacial score (nSPS) is 10.5. The topological polar surface area (TPSA) is 47.0 Å². The Balaban J connectivity index is 2.25. The van der Waals surface area contributed by atoms with Crippen LogP contribution in [0.2, 0.25) is 0 Å². The Morgan fingerprint density at radius 1 is 1.21 bits per heavy atom. The number of nitrogens with zero attached hydrogens (tertiary/aromatic N) is 2. The summed E-state index contributed by atoms with van der Waals surface area (Å²) in [4.78, 5) is 8.58.